The zero-order chi connectivity index (χ0) is 19.1. The molecule has 1 atom stereocenters. The van der Waals surface area contributed by atoms with Gasteiger partial charge in [-0.25, -0.2) is 0 Å². The molecule has 0 aliphatic carbocycles. The first kappa shape index (κ1) is 18.5. The van der Waals surface area contributed by atoms with Crippen LogP contribution in [0.25, 0.3) is 10.9 Å². The molecule has 1 amide bonds. The van der Waals surface area contributed by atoms with E-state index in [4.69, 9.17) is 0 Å². The van der Waals surface area contributed by atoms with E-state index < -0.39 is 11.7 Å². The number of anilines is 1. The van der Waals surface area contributed by atoms with Gasteiger partial charge in [-0.2, -0.15) is 13.2 Å². The first-order chi connectivity index (χ1) is 12.2. The van der Waals surface area contributed by atoms with E-state index in [0.29, 0.717) is 42.6 Å². The lowest BCUT2D eigenvalue weighted by Gasteiger charge is -2.25. The predicted octanol–water partition coefficient (Wildman–Crippen LogP) is 3.87. The second-order valence-electron chi connectivity index (χ2n) is 6.90. The van der Waals surface area contributed by atoms with E-state index in [9.17, 15) is 18.0 Å². The van der Waals surface area contributed by atoms with Crippen LogP contribution in [0.15, 0.2) is 24.3 Å². The molecule has 1 aromatic carbocycles. The van der Waals surface area contributed by atoms with Gasteiger partial charge < -0.3 is 9.80 Å². The van der Waals surface area contributed by atoms with Gasteiger partial charge in [0.15, 0.2) is 0 Å². The van der Waals surface area contributed by atoms with Gasteiger partial charge in [-0.3, -0.25) is 9.78 Å². The topological polar surface area (TPSA) is 36.4 Å². The zero-order valence-corrected chi connectivity index (χ0v) is 15.1. The summed E-state index contributed by atoms with van der Waals surface area (Å²) in [6, 6.07) is 5.44. The summed E-state index contributed by atoms with van der Waals surface area (Å²) in [5, 5.41) is 0.476. The minimum Gasteiger partial charge on any atom is -0.374 e. The minimum absolute atomic E-state index is 0.140. The maximum absolute atomic E-state index is 13.1. The standard InChI is InChI=1S/C19H22F3N3O/c1-4-25-11-13(8-18(25)26)10-24(3)17-7-12(2)23-16-6-5-14(9-15(16)17)19(20,21)22/h5-7,9,13H,4,8,10-11H2,1-3H3. The zero-order valence-electron chi connectivity index (χ0n) is 15.1. The number of likely N-dealkylation sites (tertiary alicyclic amines) is 1. The molecule has 3 rings (SSSR count). The van der Waals surface area contributed by atoms with Gasteiger partial charge in [0.25, 0.3) is 0 Å². The molecule has 1 aliphatic heterocycles. The molecule has 0 N–H and O–H groups in total. The number of benzene rings is 1. The first-order valence-corrected chi connectivity index (χ1v) is 8.66. The molecule has 1 unspecified atom stereocenters. The van der Waals surface area contributed by atoms with Gasteiger partial charge in [0, 0.05) is 55.8 Å². The summed E-state index contributed by atoms with van der Waals surface area (Å²) >= 11 is 0. The Bertz CT molecular complexity index is 835. The van der Waals surface area contributed by atoms with Gasteiger partial charge in [0.2, 0.25) is 5.91 Å². The molecule has 2 aromatic rings. The second kappa shape index (κ2) is 6.78. The smallest absolute Gasteiger partial charge is 0.374 e. The van der Waals surface area contributed by atoms with Crippen LogP contribution in [0.3, 0.4) is 0 Å². The quantitative estimate of drug-likeness (QED) is 0.825. The van der Waals surface area contributed by atoms with Gasteiger partial charge in [-0.05, 0) is 38.1 Å². The second-order valence-corrected chi connectivity index (χ2v) is 6.90. The van der Waals surface area contributed by atoms with Crippen LogP contribution in [0.1, 0.15) is 24.6 Å². The number of rotatable bonds is 4. The highest BCUT2D eigenvalue weighted by Gasteiger charge is 2.32. The van der Waals surface area contributed by atoms with Gasteiger partial charge in [0.1, 0.15) is 0 Å². The van der Waals surface area contributed by atoms with Gasteiger partial charge in [-0.15, -0.1) is 0 Å². The minimum atomic E-state index is -4.39. The van der Waals surface area contributed by atoms with Crippen molar-refractivity contribution in [2.45, 2.75) is 26.4 Å². The number of halogens is 3. The van der Waals surface area contributed by atoms with Crippen LogP contribution < -0.4 is 4.90 Å². The summed E-state index contributed by atoms with van der Waals surface area (Å²) in [5.74, 6) is 0.308. The Hall–Kier alpha value is -2.31. The van der Waals surface area contributed by atoms with Crippen LogP contribution in [0.4, 0.5) is 18.9 Å². The number of alkyl halides is 3. The highest BCUT2D eigenvalue weighted by molar-refractivity contribution is 5.92. The summed E-state index contributed by atoms with van der Waals surface area (Å²) < 4.78 is 39.3. The number of aromatic nitrogens is 1. The third-order valence-electron chi connectivity index (χ3n) is 4.86. The van der Waals surface area contributed by atoms with Crippen molar-refractivity contribution >= 4 is 22.5 Å². The predicted molar refractivity (Wildman–Crippen MR) is 95.1 cm³/mol. The van der Waals surface area contributed by atoms with Crippen molar-refractivity contribution in [1.29, 1.82) is 0 Å². The highest BCUT2D eigenvalue weighted by atomic mass is 19.4. The highest BCUT2D eigenvalue weighted by Crippen LogP contribution is 2.35. The van der Waals surface area contributed by atoms with Gasteiger partial charge in [-0.1, -0.05) is 0 Å². The molecular formula is C19H22F3N3O. The largest absolute Gasteiger partial charge is 0.416 e. The van der Waals surface area contributed by atoms with Crippen LogP contribution in [-0.4, -0.2) is 42.5 Å². The Kier molecular flexibility index (Phi) is 4.82. The fraction of sp³-hybridized carbons (Fsp3) is 0.474. The Morgan fingerprint density at radius 3 is 2.65 bits per heavy atom. The number of fused-ring (bicyclic) bond motifs is 1. The summed E-state index contributed by atoms with van der Waals surface area (Å²) in [6.45, 7) is 5.76. The Labute approximate surface area is 150 Å². The van der Waals surface area contributed by atoms with Crippen LogP contribution >= 0.6 is 0 Å². The number of carbonyl (C=O) groups is 1. The molecule has 7 heteroatoms. The fourth-order valence-corrected chi connectivity index (χ4v) is 3.60. The van der Waals surface area contributed by atoms with E-state index in [0.717, 1.165) is 17.8 Å². The first-order valence-electron chi connectivity index (χ1n) is 8.66. The SMILES string of the molecule is CCN1CC(CN(C)c2cc(C)nc3ccc(C(F)(F)F)cc23)CC1=O. The lowest BCUT2D eigenvalue weighted by atomic mass is 10.1. The molecule has 2 heterocycles. The Morgan fingerprint density at radius 2 is 2.04 bits per heavy atom. The van der Waals surface area contributed by atoms with Crippen molar-refractivity contribution in [2.24, 2.45) is 5.92 Å². The lowest BCUT2D eigenvalue weighted by molar-refractivity contribution is -0.137. The molecule has 1 saturated heterocycles. The van der Waals surface area contributed by atoms with Crippen molar-refractivity contribution in [3.05, 3.63) is 35.5 Å². The van der Waals surface area contributed by atoms with Crippen molar-refractivity contribution < 1.29 is 18.0 Å². The van der Waals surface area contributed by atoms with Gasteiger partial charge in [0.05, 0.1) is 11.1 Å². The van der Waals surface area contributed by atoms with Crippen molar-refractivity contribution in [3.63, 3.8) is 0 Å². The normalized spacial score (nSPS) is 18.0. The van der Waals surface area contributed by atoms with E-state index >= 15 is 0 Å². The Balaban J connectivity index is 1.94. The summed E-state index contributed by atoms with van der Waals surface area (Å²) in [5.41, 5.74) is 1.31. The molecule has 0 spiro atoms. The summed E-state index contributed by atoms with van der Waals surface area (Å²) in [6.07, 6.45) is -3.91. The molecule has 140 valence electrons. The summed E-state index contributed by atoms with van der Waals surface area (Å²) in [7, 11) is 1.85. The van der Waals surface area contributed by atoms with E-state index in [2.05, 4.69) is 4.98 Å². The van der Waals surface area contributed by atoms with Crippen molar-refractivity contribution in [3.8, 4) is 0 Å². The number of hydrogen-bond donors (Lipinski definition) is 0. The molecule has 26 heavy (non-hydrogen) atoms. The molecular weight excluding hydrogens is 343 g/mol. The van der Waals surface area contributed by atoms with Gasteiger partial charge >= 0.3 is 6.18 Å². The molecule has 1 fully saturated rings. The van der Waals surface area contributed by atoms with E-state index in [1.165, 1.54) is 6.07 Å². The van der Waals surface area contributed by atoms with Crippen LogP contribution in [-0.2, 0) is 11.0 Å². The van der Waals surface area contributed by atoms with E-state index in [1.54, 1.807) is 6.07 Å². The van der Waals surface area contributed by atoms with Crippen LogP contribution in [0.5, 0.6) is 0 Å². The average molecular weight is 365 g/mol. The maximum Gasteiger partial charge on any atom is 0.416 e. The molecule has 1 aliphatic rings. The number of nitrogens with zero attached hydrogens (tertiary/aromatic N) is 3. The van der Waals surface area contributed by atoms with E-state index in [-0.39, 0.29) is 11.8 Å². The average Bonchev–Trinajstić information content (AvgIpc) is 2.92. The molecule has 4 nitrogen and oxygen atoms in total. The molecule has 1 aromatic heterocycles. The van der Waals surface area contributed by atoms with Crippen molar-refractivity contribution in [2.75, 3.05) is 31.6 Å². The van der Waals surface area contributed by atoms with Crippen LogP contribution in [0.2, 0.25) is 0 Å². The third-order valence-corrected chi connectivity index (χ3v) is 4.86. The fourth-order valence-electron chi connectivity index (χ4n) is 3.60. The summed E-state index contributed by atoms with van der Waals surface area (Å²) in [4.78, 5) is 20.0. The molecule has 0 radical (unpaired) electrons. The van der Waals surface area contributed by atoms with E-state index in [1.807, 2.05) is 30.7 Å². The maximum atomic E-state index is 13.1. The van der Waals surface area contributed by atoms with Crippen molar-refractivity contribution in [1.82, 2.24) is 9.88 Å². The van der Waals surface area contributed by atoms with Crippen LogP contribution in [0, 0.1) is 12.8 Å². The molecule has 0 bridgehead atoms. The third kappa shape index (κ3) is 3.61. The lowest BCUT2D eigenvalue weighted by Crippen LogP contribution is -2.29. The number of hydrogen-bond acceptors (Lipinski definition) is 3. The molecule has 0 saturated carbocycles. The monoisotopic (exact) mass is 365 g/mol. The number of amides is 1. The number of aryl methyl sites for hydroxylation is 1. The number of pyridine rings is 1. The Morgan fingerprint density at radius 1 is 1.31 bits per heavy atom. The number of carbonyl (C=O) groups excluding carboxylic acids is 1.